The zero-order chi connectivity index (χ0) is 15.1. The Hall–Kier alpha value is -1.91. The van der Waals surface area contributed by atoms with E-state index >= 15 is 0 Å². The first-order chi connectivity index (χ1) is 10.2. The highest BCUT2D eigenvalue weighted by atomic mass is 15.5. The van der Waals surface area contributed by atoms with Crippen molar-refractivity contribution in [3.8, 4) is 5.69 Å². The zero-order valence-electron chi connectivity index (χ0n) is 13.2. The van der Waals surface area contributed by atoms with E-state index < -0.39 is 0 Å². The van der Waals surface area contributed by atoms with Crippen molar-refractivity contribution in [2.75, 3.05) is 5.32 Å². The molecule has 0 bridgehead atoms. The number of nitrogens with zero attached hydrogens (tertiary/aromatic N) is 4. The van der Waals surface area contributed by atoms with Gasteiger partial charge < -0.3 is 5.32 Å². The minimum absolute atomic E-state index is 0.477. The Labute approximate surface area is 126 Å². The monoisotopic (exact) mass is 287 g/mol. The average Bonchev–Trinajstić information content (AvgIpc) is 3.00. The topological polar surface area (TPSA) is 55.6 Å². The van der Waals surface area contributed by atoms with Crippen LogP contribution in [0.3, 0.4) is 0 Å². The van der Waals surface area contributed by atoms with Crippen LogP contribution in [0.15, 0.2) is 24.5 Å². The molecule has 1 N–H and O–H groups in total. The third-order valence-corrected chi connectivity index (χ3v) is 3.73. The molecule has 1 heterocycles. The lowest BCUT2D eigenvalue weighted by Crippen LogP contribution is -2.16. The number of nitrogens with one attached hydrogen (secondary N) is 1. The molecule has 0 aliphatic carbocycles. The fourth-order valence-electron chi connectivity index (χ4n) is 2.40. The minimum atomic E-state index is 0.477. The SMILES string of the molecule is CCCCCCC(C)Nc1cc(-n2cnnn2)ccc1C. The Morgan fingerprint density at radius 1 is 1.24 bits per heavy atom. The molecule has 0 amide bonds. The van der Waals surface area contributed by atoms with Crippen molar-refractivity contribution in [3.05, 3.63) is 30.1 Å². The molecule has 0 aliphatic heterocycles. The van der Waals surface area contributed by atoms with Crippen LogP contribution >= 0.6 is 0 Å². The van der Waals surface area contributed by atoms with Crippen LogP contribution in [0.25, 0.3) is 5.69 Å². The summed E-state index contributed by atoms with van der Waals surface area (Å²) in [6.07, 6.45) is 8.05. The van der Waals surface area contributed by atoms with Gasteiger partial charge in [-0.2, -0.15) is 0 Å². The van der Waals surface area contributed by atoms with Gasteiger partial charge in [0.1, 0.15) is 6.33 Å². The van der Waals surface area contributed by atoms with Gasteiger partial charge in [0.05, 0.1) is 5.69 Å². The summed E-state index contributed by atoms with van der Waals surface area (Å²) in [5, 5.41) is 14.9. The first-order valence-corrected chi connectivity index (χ1v) is 7.81. The van der Waals surface area contributed by atoms with Gasteiger partial charge in [0.2, 0.25) is 0 Å². The molecule has 2 rings (SSSR count). The first-order valence-electron chi connectivity index (χ1n) is 7.81. The highest BCUT2D eigenvalue weighted by Crippen LogP contribution is 2.21. The van der Waals surface area contributed by atoms with E-state index in [1.165, 1.54) is 37.7 Å². The molecule has 21 heavy (non-hydrogen) atoms. The Kier molecular flexibility index (Phi) is 5.72. The van der Waals surface area contributed by atoms with E-state index in [1.807, 2.05) is 6.07 Å². The summed E-state index contributed by atoms with van der Waals surface area (Å²) >= 11 is 0. The molecule has 2 aromatic rings. The normalized spacial score (nSPS) is 12.3. The molecule has 1 atom stereocenters. The van der Waals surface area contributed by atoms with Crippen LogP contribution in [-0.2, 0) is 0 Å². The summed E-state index contributed by atoms with van der Waals surface area (Å²) in [5.41, 5.74) is 3.38. The summed E-state index contributed by atoms with van der Waals surface area (Å²) in [4.78, 5) is 0. The van der Waals surface area contributed by atoms with Crippen molar-refractivity contribution in [3.63, 3.8) is 0 Å². The predicted octanol–water partition coefficient (Wildman–Crippen LogP) is 3.74. The average molecular weight is 287 g/mol. The lowest BCUT2D eigenvalue weighted by molar-refractivity contribution is 0.594. The molecule has 1 unspecified atom stereocenters. The summed E-state index contributed by atoms with van der Waals surface area (Å²) in [5.74, 6) is 0. The predicted molar refractivity (Wildman–Crippen MR) is 85.7 cm³/mol. The van der Waals surface area contributed by atoms with Gasteiger partial charge in [-0.05, 0) is 48.4 Å². The molecule has 114 valence electrons. The summed E-state index contributed by atoms with van der Waals surface area (Å²) in [7, 11) is 0. The van der Waals surface area contributed by atoms with Crippen LogP contribution < -0.4 is 5.32 Å². The van der Waals surface area contributed by atoms with Crippen LogP contribution in [0.2, 0.25) is 0 Å². The number of anilines is 1. The Balaban J connectivity index is 1.97. The number of unbranched alkanes of at least 4 members (excludes halogenated alkanes) is 3. The van der Waals surface area contributed by atoms with E-state index in [9.17, 15) is 0 Å². The van der Waals surface area contributed by atoms with Crippen LogP contribution in [0, 0.1) is 6.92 Å². The van der Waals surface area contributed by atoms with Gasteiger partial charge in [-0.15, -0.1) is 5.10 Å². The largest absolute Gasteiger partial charge is 0.382 e. The Morgan fingerprint density at radius 3 is 2.81 bits per heavy atom. The van der Waals surface area contributed by atoms with Crippen LogP contribution in [0.4, 0.5) is 5.69 Å². The molecule has 0 aliphatic rings. The van der Waals surface area contributed by atoms with Crippen molar-refractivity contribution in [2.45, 2.75) is 58.9 Å². The molecule has 5 heteroatoms. The molecule has 1 aromatic carbocycles. The van der Waals surface area contributed by atoms with Gasteiger partial charge in [-0.3, -0.25) is 0 Å². The van der Waals surface area contributed by atoms with E-state index in [2.05, 4.69) is 53.7 Å². The third kappa shape index (κ3) is 4.55. The second kappa shape index (κ2) is 7.76. The molecule has 5 nitrogen and oxygen atoms in total. The molecule has 0 saturated heterocycles. The Morgan fingerprint density at radius 2 is 2.10 bits per heavy atom. The molecule has 0 saturated carbocycles. The van der Waals surface area contributed by atoms with Crippen LogP contribution in [0.1, 0.15) is 51.5 Å². The Bertz CT molecular complexity index is 536. The highest BCUT2D eigenvalue weighted by molar-refractivity contribution is 5.56. The van der Waals surface area contributed by atoms with E-state index in [0.29, 0.717) is 6.04 Å². The first kappa shape index (κ1) is 15.5. The van der Waals surface area contributed by atoms with Crippen molar-refractivity contribution in [2.24, 2.45) is 0 Å². The van der Waals surface area contributed by atoms with E-state index in [0.717, 1.165) is 11.4 Å². The molecule has 0 fully saturated rings. The fraction of sp³-hybridized carbons (Fsp3) is 0.562. The zero-order valence-corrected chi connectivity index (χ0v) is 13.2. The maximum atomic E-state index is 3.93. The van der Waals surface area contributed by atoms with E-state index in [1.54, 1.807) is 11.0 Å². The highest BCUT2D eigenvalue weighted by Gasteiger charge is 2.07. The van der Waals surface area contributed by atoms with Crippen molar-refractivity contribution < 1.29 is 0 Å². The lowest BCUT2D eigenvalue weighted by atomic mass is 10.1. The quantitative estimate of drug-likeness (QED) is 0.751. The fourth-order valence-corrected chi connectivity index (χ4v) is 2.40. The number of hydrogen-bond acceptors (Lipinski definition) is 4. The molecule has 0 spiro atoms. The van der Waals surface area contributed by atoms with Gasteiger partial charge in [-0.1, -0.05) is 38.7 Å². The van der Waals surface area contributed by atoms with E-state index in [-0.39, 0.29) is 0 Å². The van der Waals surface area contributed by atoms with Crippen LogP contribution in [0.5, 0.6) is 0 Å². The molecule has 1 aromatic heterocycles. The maximum absolute atomic E-state index is 3.93. The third-order valence-electron chi connectivity index (χ3n) is 3.73. The number of hydrogen-bond donors (Lipinski definition) is 1. The van der Waals surface area contributed by atoms with Crippen molar-refractivity contribution in [1.82, 2.24) is 20.2 Å². The standard InChI is InChI=1S/C16H25N5/c1-4-5-6-7-8-14(3)18-16-11-15(10-9-13(16)2)21-12-17-19-20-21/h9-12,14,18H,4-8H2,1-3H3. The number of rotatable bonds is 8. The van der Waals surface area contributed by atoms with Gasteiger partial charge in [-0.25, -0.2) is 4.68 Å². The summed E-state index contributed by atoms with van der Waals surface area (Å²) < 4.78 is 1.68. The van der Waals surface area contributed by atoms with E-state index in [4.69, 9.17) is 0 Å². The summed E-state index contributed by atoms with van der Waals surface area (Å²) in [6.45, 7) is 6.61. The molecule has 0 radical (unpaired) electrons. The maximum Gasteiger partial charge on any atom is 0.143 e. The van der Waals surface area contributed by atoms with Gasteiger partial charge in [0, 0.05) is 11.7 Å². The number of tetrazole rings is 1. The molecular formula is C16H25N5. The van der Waals surface area contributed by atoms with Crippen molar-refractivity contribution >= 4 is 5.69 Å². The second-order valence-electron chi connectivity index (χ2n) is 5.65. The number of benzene rings is 1. The summed E-state index contributed by atoms with van der Waals surface area (Å²) in [6, 6.07) is 6.71. The van der Waals surface area contributed by atoms with Gasteiger partial charge >= 0.3 is 0 Å². The van der Waals surface area contributed by atoms with Gasteiger partial charge in [0.25, 0.3) is 0 Å². The lowest BCUT2D eigenvalue weighted by Gasteiger charge is -2.17. The number of aryl methyl sites for hydroxylation is 1. The van der Waals surface area contributed by atoms with Crippen molar-refractivity contribution in [1.29, 1.82) is 0 Å². The smallest absolute Gasteiger partial charge is 0.143 e. The van der Waals surface area contributed by atoms with Gasteiger partial charge in [0.15, 0.2) is 0 Å². The number of aromatic nitrogens is 4. The second-order valence-corrected chi connectivity index (χ2v) is 5.65. The minimum Gasteiger partial charge on any atom is -0.382 e. The molecular weight excluding hydrogens is 262 g/mol. The van der Waals surface area contributed by atoms with Crippen LogP contribution in [-0.4, -0.2) is 26.2 Å².